The van der Waals surface area contributed by atoms with Gasteiger partial charge in [-0.2, -0.15) is 13.2 Å². The molecular weight excluding hydrogens is 326 g/mol. The lowest BCUT2D eigenvalue weighted by atomic mass is 10.1. The first kappa shape index (κ1) is 16.3. The number of hydrogen-bond donors (Lipinski definition) is 2. The maximum atomic E-state index is 14.0. The van der Waals surface area contributed by atoms with E-state index in [2.05, 4.69) is 5.32 Å². The Kier molecular flexibility index (Phi) is 3.92. The first-order valence-corrected chi connectivity index (χ1v) is 7.07. The van der Waals surface area contributed by atoms with Crippen LogP contribution >= 0.6 is 0 Å². The van der Waals surface area contributed by atoms with E-state index < -0.39 is 29.5 Å². The van der Waals surface area contributed by atoms with Gasteiger partial charge in [0.1, 0.15) is 17.5 Å². The van der Waals surface area contributed by atoms with Crippen molar-refractivity contribution in [1.82, 2.24) is 0 Å². The van der Waals surface area contributed by atoms with Crippen molar-refractivity contribution < 1.29 is 22.4 Å². The van der Waals surface area contributed by atoms with Gasteiger partial charge in [0.15, 0.2) is 0 Å². The average Bonchev–Trinajstić information content (AvgIpc) is 2.65. The molecule has 2 aromatic rings. The molecule has 0 bridgehead atoms. The van der Waals surface area contributed by atoms with Crippen molar-refractivity contribution >= 4 is 23.0 Å². The lowest BCUT2D eigenvalue weighted by Crippen LogP contribution is -2.41. The van der Waals surface area contributed by atoms with Crippen LogP contribution in [0, 0.1) is 5.82 Å². The largest absolute Gasteiger partial charge is 0.416 e. The molecule has 0 spiro atoms. The van der Waals surface area contributed by atoms with Crippen LogP contribution in [0.1, 0.15) is 5.56 Å². The maximum absolute atomic E-state index is 14.0. The van der Waals surface area contributed by atoms with Crippen molar-refractivity contribution in [1.29, 1.82) is 0 Å². The minimum atomic E-state index is -4.51. The highest BCUT2D eigenvalue weighted by molar-refractivity contribution is 6.00. The van der Waals surface area contributed by atoms with Gasteiger partial charge in [0, 0.05) is 12.2 Å². The molecule has 1 unspecified atom stereocenters. The molecule has 1 amide bonds. The van der Waals surface area contributed by atoms with Crippen LogP contribution in [0.15, 0.2) is 42.5 Å². The zero-order valence-electron chi connectivity index (χ0n) is 12.3. The molecule has 126 valence electrons. The number of hydrogen-bond acceptors (Lipinski definition) is 3. The number of anilines is 3. The molecule has 8 heteroatoms. The van der Waals surface area contributed by atoms with Crippen LogP contribution in [0.2, 0.25) is 0 Å². The Morgan fingerprint density at radius 3 is 2.58 bits per heavy atom. The summed E-state index contributed by atoms with van der Waals surface area (Å²) in [6.45, 7) is -0.0798. The van der Waals surface area contributed by atoms with Crippen molar-refractivity contribution in [2.75, 3.05) is 16.8 Å². The predicted molar refractivity (Wildman–Crippen MR) is 81.5 cm³/mol. The minimum absolute atomic E-state index is 0.0798. The lowest BCUT2D eigenvalue weighted by Gasteiger charge is -2.26. The van der Waals surface area contributed by atoms with Crippen molar-refractivity contribution in [2.24, 2.45) is 5.73 Å². The highest BCUT2D eigenvalue weighted by atomic mass is 19.4. The smallest absolute Gasteiger partial charge is 0.338 e. The Morgan fingerprint density at radius 2 is 1.88 bits per heavy atom. The van der Waals surface area contributed by atoms with E-state index in [-0.39, 0.29) is 23.6 Å². The number of nitrogens with zero attached hydrogens (tertiary/aromatic N) is 1. The maximum Gasteiger partial charge on any atom is 0.416 e. The van der Waals surface area contributed by atoms with E-state index >= 15 is 0 Å². The summed E-state index contributed by atoms with van der Waals surface area (Å²) in [5.41, 5.74) is 5.24. The second-order valence-corrected chi connectivity index (χ2v) is 5.39. The zero-order chi connectivity index (χ0) is 17.5. The van der Waals surface area contributed by atoms with Crippen LogP contribution < -0.4 is 16.0 Å². The predicted octanol–water partition coefficient (Wildman–Crippen LogP) is 3.26. The van der Waals surface area contributed by atoms with Gasteiger partial charge in [0.2, 0.25) is 5.91 Å². The van der Waals surface area contributed by atoms with Gasteiger partial charge in [0.05, 0.1) is 11.3 Å². The molecule has 0 saturated heterocycles. The van der Waals surface area contributed by atoms with Crippen LogP contribution in [0.5, 0.6) is 0 Å². The molecule has 0 aromatic heterocycles. The summed E-state index contributed by atoms with van der Waals surface area (Å²) in [7, 11) is 0. The van der Waals surface area contributed by atoms with Gasteiger partial charge in [-0.15, -0.1) is 0 Å². The Labute approximate surface area is 134 Å². The molecule has 1 heterocycles. The normalized spacial score (nSPS) is 18.0. The second kappa shape index (κ2) is 5.79. The van der Waals surface area contributed by atoms with Crippen molar-refractivity contribution in [3.8, 4) is 0 Å². The number of nitrogens with one attached hydrogen (secondary N) is 1. The standard InChI is InChI=1S/C16H13F4N3O/c17-11-5-2-6-13-14(11)22-15(24)12(21)8-23(13)10-4-1-3-9(7-10)16(18,19)20/h1-7,12H,8,21H2,(H,22,24). The molecule has 2 aromatic carbocycles. The molecule has 24 heavy (non-hydrogen) atoms. The van der Waals surface area contributed by atoms with E-state index in [4.69, 9.17) is 5.73 Å². The Morgan fingerprint density at radius 1 is 1.17 bits per heavy atom. The fraction of sp³-hybridized carbons (Fsp3) is 0.188. The number of para-hydroxylation sites is 1. The number of fused-ring (bicyclic) bond motifs is 1. The van der Waals surface area contributed by atoms with Gasteiger partial charge in [-0.05, 0) is 30.3 Å². The number of halogens is 4. The minimum Gasteiger partial charge on any atom is -0.338 e. The molecule has 3 N–H and O–H groups in total. The molecule has 0 aliphatic carbocycles. The van der Waals surface area contributed by atoms with E-state index in [0.29, 0.717) is 0 Å². The third-order valence-electron chi connectivity index (χ3n) is 3.73. The first-order valence-electron chi connectivity index (χ1n) is 7.07. The number of carbonyl (C=O) groups is 1. The summed E-state index contributed by atoms with van der Waals surface area (Å²) in [5, 5.41) is 2.38. The third-order valence-corrected chi connectivity index (χ3v) is 3.73. The Balaban J connectivity index is 2.14. The third kappa shape index (κ3) is 2.92. The van der Waals surface area contributed by atoms with Crippen LogP contribution in [-0.4, -0.2) is 18.5 Å². The zero-order valence-corrected chi connectivity index (χ0v) is 12.3. The van der Waals surface area contributed by atoms with Gasteiger partial charge in [-0.3, -0.25) is 4.79 Å². The number of carbonyl (C=O) groups excluding carboxylic acids is 1. The summed E-state index contributed by atoms with van der Waals surface area (Å²) in [5.74, 6) is -1.29. The van der Waals surface area contributed by atoms with Crippen LogP contribution in [0.3, 0.4) is 0 Å². The fourth-order valence-electron chi connectivity index (χ4n) is 2.55. The van der Waals surface area contributed by atoms with Crippen LogP contribution in [-0.2, 0) is 11.0 Å². The molecule has 0 fully saturated rings. The lowest BCUT2D eigenvalue weighted by molar-refractivity contribution is -0.137. The molecule has 4 nitrogen and oxygen atoms in total. The van der Waals surface area contributed by atoms with Gasteiger partial charge in [-0.25, -0.2) is 4.39 Å². The Bertz CT molecular complexity index is 791. The summed E-state index contributed by atoms with van der Waals surface area (Å²) in [6.07, 6.45) is -4.51. The number of nitrogens with two attached hydrogens (primary N) is 1. The van der Waals surface area contributed by atoms with Crippen molar-refractivity contribution in [2.45, 2.75) is 12.2 Å². The van der Waals surface area contributed by atoms with Gasteiger partial charge >= 0.3 is 6.18 Å². The molecule has 1 atom stereocenters. The van der Waals surface area contributed by atoms with E-state index in [1.165, 1.54) is 29.2 Å². The quantitative estimate of drug-likeness (QED) is 0.784. The molecule has 3 rings (SSSR count). The first-order chi connectivity index (χ1) is 11.3. The highest BCUT2D eigenvalue weighted by Crippen LogP contribution is 2.38. The summed E-state index contributed by atoms with van der Waals surface area (Å²) in [4.78, 5) is 13.3. The molecular formula is C16H13F4N3O. The van der Waals surface area contributed by atoms with Gasteiger partial charge < -0.3 is 16.0 Å². The summed E-state index contributed by atoms with van der Waals surface area (Å²) < 4.78 is 52.9. The van der Waals surface area contributed by atoms with Gasteiger partial charge in [0.25, 0.3) is 0 Å². The fourth-order valence-corrected chi connectivity index (χ4v) is 2.55. The summed E-state index contributed by atoms with van der Waals surface area (Å²) >= 11 is 0. The van der Waals surface area contributed by atoms with Gasteiger partial charge in [-0.1, -0.05) is 12.1 Å². The molecule has 1 aliphatic heterocycles. The monoisotopic (exact) mass is 339 g/mol. The molecule has 1 aliphatic rings. The van der Waals surface area contributed by atoms with E-state index in [1.807, 2.05) is 0 Å². The molecule has 0 saturated carbocycles. The number of alkyl halides is 3. The molecule has 0 radical (unpaired) electrons. The summed E-state index contributed by atoms with van der Waals surface area (Å²) in [6, 6.07) is 7.64. The number of rotatable bonds is 1. The SMILES string of the molecule is NC1CN(c2cccc(C(F)(F)F)c2)c2cccc(F)c2NC1=O. The van der Waals surface area contributed by atoms with Crippen LogP contribution in [0.4, 0.5) is 34.6 Å². The van der Waals surface area contributed by atoms with Crippen molar-refractivity contribution in [3.63, 3.8) is 0 Å². The number of benzene rings is 2. The average molecular weight is 339 g/mol. The highest BCUT2D eigenvalue weighted by Gasteiger charge is 2.32. The van der Waals surface area contributed by atoms with Crippen molar-refractivity contribution in [3.05, 3.63) is 53.8 Å². The van der Waals surface area contributed by atoms with Crippen LogP contribution in [0.25, 0.3) is 0 Å². The Hall–Kier alpha value is -2.61. The second-order valence-electron chi connectivity index (χ2n) is 5.39. The van der Waals surface area contributed by atoms with E-state index in [9.17, 15) is 22.4 Å². The van der Waals surface area contributed by atoms with E-state index in [0.717, 1.165) is 18.2 Å². The van der Waals surface area contributed by atoms with E-state index in [1.54, 1.807) is 0 Å². The topological polar surface area (TPSA) is 58.4 Å². The number of amides is 1.